The van der Waals surface area contributed by atoms with Crippen molar-refractivity contribution in [2.45, 2.75) is 32.7 Å². The van der Waals surface area contributed by atoms with Gasteiger partial charge in [0.05, 0.1) is 13.4 Å². The molecule has 0 aliphatic heterocycles. The molecule has 0 saturated carbocycles. The first-order valence-corrected chi connectivity index (χ1v) is 7.15. The number of hydrogen-bond donors (Lipinski definition) is 1. The van der Waals surface area contributed by atoms with Gasteiger partial charge in [-0.3, -0.25) is 0 Å². The van der Waals surface area contributed by atoms with Gasteiger partial charge >= 0.3 is 0 Å². The molecule has 0 aliphatic rings. The molecule has 3 heteroatoms. The van der Waals surface area contributed by atoms with Crippen LogP contribution in [0, 0.1) is 6.92 Å². The second-order valence-electron chi connectivity index (χ2n) is 5.02. The van der Waals surface area contributed by atoms with Crippen LogP contribution in [-0.4, -0.2) is 13.7 Å². The summed E-state index contributed by atoms with van der Waals surface area (Å²) < 4.78 is 10.8. The van der Waals surface area contributed by atoms with Crippen molar-refractivity contribution in [1.29, 1.82) is 0 Å². The van der Waals surface area contributed by atoms with Crippen molar-refractivity contribution in [3.63, 3.8) is 0 Å². The fourth-order valence-corrected chi connectivity index (χ4v) is 2.37. The molecule has 0 radical (unpaired) electrons. The minimum Gasteiger partial charge on any atom is -0.496 e. The largest absolute Gasteiger partial charge is 0.496 e. The second kappa shape index (κ2) is 7.15. The van der Waals surface area contributed by atoms with Crippen LogP contribution in [0.5, 0.6) is 5.75 Å². The molecule has 0 amide bonds. The molecule has 0 bridgehead atoms. The van der Waals surface area contributed by atoms with Crippen LogP contribution < -0.4 is 10.1 Å². The molecule has 1 N–H and O–H groups in total. The summed E-state index contributed by atoms with van der Waals surface area (Å²) in [7, 11) is 1.71. The molecule has 1 aromatic heterocycles. The first kappa shape index (κ1) is 14.7. The Hall–Kier alpha value is -1.74. The van der Waals surface area contributed by atoms with Gasteiger partial charge in [0.15, 0.2) is 0 Å². The van der Waals surface area contributed by atoms with E-state index in [1.54, 1.807) is 13.4 Å². The Bertz CT molecular complexity index is 520. The fraction of sp³-hybridized carbons (Fsp3) is 0.412. The lowest BCUT2D eigenvalue weighted by Gasteiger charge is -2.19. The van der Waals surface area contributed by atoms with Crippen LogP contribution in [-0.2, 0) is 6.42 Å². The van der Waals surface area contributed by atoms with Crippen molar-refractivity contribution < 1.29 is 9.15 Å². The molecule has 0 spiro atoms. The Kier molecular flexibility index (Phi) is 5.24. The van der Waals surface area contributed by atoms with E-state index in [9.17, 15) is 0 Å². The molecule has 20 heavy (non-hydrogen) atoms. The van der Waals surface area contributed by atoms with Gasteiger partial charge < -0.3 is 14.5 Å². The van der Waals surface area contributed by atoms with Gasteiger partial charge in [0, 0.05) is 12.5 Å². The third kappa shape index (κ3) is 3.64. The van der Waals surface area contributed by atoms with Crippen molar-refractivity contribution in [2.24, 2.45) is 0 Å². The highest BCUT2D eigenvalue weighted by molar-refractivity contribution is 5.37. The quantitative estimate of drug-likeness (QED) is 0.831. The summed E-state index contributed by atoms with van der Waals surface area (Å²) in [6.45, 7) is 5.25. The SMILES string of the molecule is CCCNC(Cc1ccco1)c1ccc(OC)c(C)c1. The van der Waals surface area contributed by atoms with Gasteiger partial charge in [-0.2, -0.15) is 0 Å². The van der Waals surface area contributed by atoms with E-state index >= 15 is 0 Å². The van der Waals surface area contributed by atoms with Crippen LogP contribution in [0.2, 0.25) is 0 Å². The molecule has 0 fully saturated rings. The van der Waals surface area contributed by atoms with Crippen LogP contribution in [0.4, 0.5) is 0 Å². The fourth-order valence-electron chi connectivity index (χ4n) is 2.37. The summed E-state index contributed by atoms with van der Waals surface area (Å²) in [5, 5.41) is 3.59. The number of aryl methyl sites for hydroxylation is 1. The molecule has 1 aromatic carbocycles. The zero-order valence-corrected chi connectivity index (χ0v) is 12.5. The maximum Gasteiger partial charge on any atom is 0.121 e. The number of benzene rings is 1. The minimum absolute atomic E-state index is 0.269. The molecular formula is C17H23NO2. The van der Waals surface area contributed by atoms with E-state index < -0.39 is 0 Å². The zero-order valence-electron chi connectivity index (χ0n) is 12.5. The van der Waals surface area contributed by atoms with Crippen molar-refractivity contribution in [2.75, 3.05) is 13.7 Å². The number of nitrogens with one attached hydrogen (secondary N) is 1. The highest BCUT2D eigenvalue weighted by Crippen LogP contribution is 2.25. The molecule has 1 unspecified atom stereocenters. The van der Waals surface area contributed by atoms with Gasteiger partial charge in [-0.15, -0.1) is 0 Å². The Morgan fingerprint density at radius 1 is 1.30 bits per heavy atom. The molecule has 3 nitrogen and oxygen atoms in total. The summed E-state index contributed by atoms with van der Waals surface area (Å²) in [5.74, 6) is 1.94. The van der Waals surface area contributed by atoms with Crippen LogP contribution in [0.15, 0.2) is 41.0 Å². The molecule has 0 aliphatic carbocycles. The number of ether oxygens (including phenoxy) is 1. The van der Waals surface area contributed by atoms with Gasteiger partial charge in [0.25, 0.3) is 0 Å². The van der Waals surface area contributed by atoms with Gasteiger partial charge in [-0.25, -0.2) is 0 Å². The van der Waals surface area contributed by atoms with Crippen LogP contribution >= 0.6 is 0 Å². The normalized spacial score (nSPS) is 12.3. The Morgan fingerprint density at radius 2 is 2.15 bits per heavy atom. The molecule has 1 heterocycles. The van der Waals surface area contributed by atoms with E-state index in [2.05, 4.69) is 31.3 Å². The third-order valence-electron chi connectivity index (χ3n) is 3.45. The van der Waals surface area contributed by atoms with Gasteiger partial charge in [-0.1, -0.05) is 19.1 Å². The van der Waals surface area contributed by atoms with Crippen molar-refractivity contribution in [3.8, 4) is 5.75 Å². The molecular weight excluding hydrogens is 250 g/mol. The van der Waals surface area contributed by atoms with Crippen molar-refractivity contribution in [3.05, 3.63) is 53.5 Å². The third-order valence-corrected chi connectivity index (χ3v) is 3.45. The Morgan fingerprint density at radius 3 is 2.75 bits per heavy atom. The van der Waals surface area contributed by atoms with Crippen LogP contribution in [0.1, 0.15) is 36.3 Å². The van der Waals surface area contributed by atoms with Crippen LogP contribution in [0.25, 0.3) is 0 Å². The van der Waals surface area contributed by atoms with Gasteiger partial charge in [0.1, 0.15) is 11.5 Å². The van der Waals surface area contributed by atoms with E-state index in [0.717, 1.165) is 36.5 Å². The highest BCUT2D eigenvalue weighted by atomic mass is 16.5. The second-order valence-corrected chi connectivity index (χ2v) is 5.02. The topological polar surface area (TPSA) is 34.4 Å². The lowest BCUT2D eigenvalue weighted by Crippen LogP contribution is -2.24. The predicted octanol–water partition coefficient (Wildman–Crippen LogP) is 3.88. The van der Waals surface area contributed by atoms with E-state index in [1.807, 2.05) is 18.2 Å². The molecule has 2 rings (SSSR count). The number of hydrogen-bond acceptors (Lipinski definition) is 3. The highest BCUT2D eigenvalue weighted by Gasteiger charge is 2.14. The molecule has 108 valence electrons. The first-order chi connectivity index (χ1) is 9.74. The predicted molar refractivity (Wildman–Crippen MR) is 81.2 cm³/mol. The van der Waals surface area contributed by atoms with E-state index in [0.29, 0.717) is 0 Å². The maximum atomic E-state index is 5.48. The van der Waals surface area contributed by atoms with E-state index in [1.165, 1.54) is 5.56 Å². The maximum absolute atomic E-state index is 5.48. The summed E-state index contributed by atoms with van der Waals surface area (Å²) in [6, 6.07) is 10.6. The minimum atomic E-state index is 0.269. The van der Waals surface area contributed by atoms with E-state index in [4.69, 9.17) is 9.15 Å². The first-order valence-electron chi connectivity index (χ1n) is 7.15. The average molecular weight is 273 g/mol. The molecule has 2 aromatic rings. The summed E-state index contributed by atoms with van der Waals surface area (Å²) >= 11 is 0. The summed E-state index contributed by atoms with van der Waals surface area (Å²) in [4.78, 5) is 0. The number of furan rings is 1. The number of rotatable bonds is 7. The van der Waals surface area contributed by atoms with E-state index in [-0.39, 0.29) is 6.04 Å². The smallest absolute Gasteiger partial charge is 0.121 e. The molecule has 0 saturated heterocycles. The lowest BCUT2D eigenvalue weighted by atomic mass is 10.00. The Labute approximate surface area is 121 Å². The lowest BCUT2D eigenvalue weighted by molar-refractivity contribution is 0.410. The monoisotopic (exact) mass is 273 g/mol. The Balaban J connectivity index is 2.18. The zero-order chi connectivity index (χ0) is 14.4. The van der Waals surface area contributed by atoms with Crippen LogP contribution in [0.3, 0.4) is 0 Å². The van der Waals surface area contributed by atoms with Gasteiger partial charge in [-0.05, 0) is 49.2 Å². The van der Waals surface area contributed by atoms with Crippen molar-refractivity contribution >= 4 is 0 Å². The van der Waals surface area contributed by atoms with Crippen molar-refractivity contribution in [1.82, 2.24) is 5.32 Å². The number of methoxy groups -OCH3 is 1. The summed E-state index contributed by atoms with van der Waals surface area (Å²) in [6.07, 6.45) is 3.70. The molecule has 1 atom stereocenters. The average Bonchev–Trinajstić information content (AvgIpc) is 2.96. The van der Waals surface area contributed by atoms with Gasteiger partial charge in [0.2, 0.25) is 0 Å². The standard InChI is InChI=1S/C17H23NO2/c1-4-9-18-16(12-15-6-5-10-20-15)14-7-8-17(19-3)13(2)11-14/h5-8,10-11,16,18H,4,9,12H2,1-3H3. The summed E-state index contributed by atoms with van der Waals surface area (Å²) in [5.41, 5.74) is 2.43.